The number of nitrogens with one attached hydrogen (secondary N) is 1. The highest BCUT2D eigenvalue weighted by atomic mass is 16.5. The molecule has 0 saturated heterocycles. The van der Waals surface area contributed by atoms with Crippen LogP contribution in [0.3, 0.4) is 0 Å². The van der Waals surface area contributed by atoms with E-state index < -0.39 is 0 Å². The topological polar surface area (TPSA) is 47.3 Å². The maximum Gasteiger partial charge on any atom is 0.123 e. The van der Waals surface area contributed by atoms with E-state index in [2.05, 4.69) is 25.2 Å². The van der Waals surface area contributed by atoms with Gasteiger partial charge in [0.15, 0.2) is 0 Å². The molecule has 0 atom stereocenters. The van der Waals surface area contributed by atoms with E-state index >= 15 is 0 Å². The molecule has 0 amide bonds. The van der Waals surface area contributed by atoms with Crippen molar-refractivity contribution in [2.24, 2.45) is 0 Å². The molecule has 3 heteroatoms. The fourth-order valence-corrected chi connectivity index (χ4v) is 2.80. The van der Waals surface area contributed by atoms with Crippen molar-refractivity contribution in [2.75, 3.05) is 17.7 Å². The van der Waals surface area contributed by atoms with Crippen LogP contribution in [-0.2, 0) is 0 Å². The van der Waals surface area contributed by atoms with E-state index in [-0.39, 0.29) is 5.54 Å². The number of ether oxygens (including phenoxy) is 1. The standard InChI is InChI=1S/C16H26N2O/c1-3-9-19-15-11-13(17)10-14(12-15)18-16(2)7-5-4-6-8-16/h10-12,18H,3-9,17H2,1-2H3. The fraction of sp³-hybridized carbons (Fsp3) is 0.625. The molecule has 0 unspecified atom stereocenters. The molecule has 3 N–H and O–H groups in total. The number of nitrogen functional groups attached to an aromatic ring is 1. The highest BCUT2D eigenvalue weighted by Crippen LogP contribution is 2.33. The maximum atomic E-state index is 5.96. The number of hydrogen-bond donors (Lipinski definition) is 2. The van der Waals surface area contributed by atoms with E-state index in [0.29, 0.717) is 0 Å². The monoisotopic (exact) mass is 262 g/mol. The zero-order chi connectivity index (χ0) is 13.7. The zero-order valence-electron chi connectivity index (χ0n) is 12.2. The Morgan fingerprint density at radius 1 is 1.21 bits per heavy atom. The van der Waals surface area contributed by atoms with Gasteiger partial charge in [0.25, 0.3) is 0 Å². The van der Waals surface area contributed by atoms with Gasteiger partial charge in [-0.25, -0.2) is 0 Å². The van der Waals surface area contributed by atoms with Gasteiger partial charge in [-0.05, 0) is 32.3 Å². The lowest BCUT2D eigenvalue weighted by molar-refractivity contribution is 0.317. The van der Waals surface area contributed by atoms with Gasteiger partial charge in [0.1, 0.15) is 5.75 Å². The molecule has 1 aromatic rings. The van der Waals surface area contributed by atoms with Crippen LogP contribution in [0.15, 0.2) is 18.2 Å². The first-order valence-electron chi connectivity index (χ1n) is 7.43. The van der Waals surface area contributed by atoms with Crippen molar-refractivity contribution in [3.8, 4) is 5.75 Å². The van der Waals surface area contributed by atoms with Gasteiger partial charge in [-0.2, -0.15) is 0 Å². The van der Waals surface area contributed by atoms with Gasteiger partial charge in [0, 0.05) is 29.0 Å². The molecule has 0 aliphatic heterocycles. The average Bonchev–Trinajstić information content (AvgIpc) is 2.36. The van der Waals surface area contributed by atoms with E-state index in [4.69, 9.17) is 10.5 Å². The third-order valence-electron chi connectivity index (χ3n) is 3.80. The van der Waals surface area contributed by atoms with Gasteiger partial charge in [-0.15, -0.1) is 0 Å². The normalized spacial score (nSPS) is 18.0. The second-order valence-electron chi connectivity index (χ2n) is 5.89. The van der Waals surface area contributed by atoms with Crippen LogP contribution in [0.4, 0.5) is 11.4 Å². The first kappa shape index (κ1) is 14.0. The van der Waals surface area contributed by atoms with Crippen molar-refractivity contribution < 1.29 is 4.74 Å². The van der Waals surface area contributed by atoms with E-state index in [9.17, 15) is 0 Å². The minimum atomic E-state index is 0.202. The number of anilines is 2. The van der Waals surface area contributed by atoms with E-state index in [1.165, 1.54) is 32.1 Å². The number of hydrogen-bond acceptors (Lipinski definition) is 3. The molecule has 1 aliphatic rings. The quantitative estimate of drug-likeness (QED) is 0.782. The van der Waals surface area contributed by atoms with Crippen LogP contribution in [-0.4, -0.2) is 12.1 Å². The second kappa shape index (κ2) is 6.18. The number of benzene rings is 1. The summed E-state index contributed by atoms with van der Waals surface area (Å²) in [7, 11) is 0. The highest BCUT2D eigenvalue weighted by molar-refractivity contribution is 5.60. The van der Waals surface area contributed by atoms with Crippen molar-refractivity contribution in [1.82, 2.24) is 0 Å². The Labute approximate surface area is 116 Å². The molecule has 0 aromatic heterocycles. The lowest BCUT2D eigenvalue weighted by Gasteiger charge is -2.35. The van der Waals surface area contributed by atoms with Crippen LogP contribution < -0.4 is 15.8 Å². The summed E-state index contributed by atoms with van der Waals surface area (Å²) in [4.78, 5) is 0. The smallest absolute Gasteiger partial charge is 0.123 e. The molecule has 0 heterocycles. The Bertz CT molecular complexity index is 411. The molecular weight excluding hydrogens is 236 g/mol. The molecule has 106 valence electrons. The predicted molar refractivity (Wildman–Crippen MR) is 81.8 cm³/mol. The molecule has 2 rings (SSSR count). The largest absolute Gasteiger partial charge is 0.493 e. The average molecular weight is 262 g/mol. The molecule has 3 nitrogen and oxygen atoms in total. The van der Waals surface area contributed by atoms with Crippen molar-refractivity contribution in [1.29, 1.82) is 0 Å². The third kappa shape index (κ3) is 4.05. The van der Waals surface area contributed by atoms with Crippen LogP contribution in [0.5, 0.6) is 5.75 Å². The molecule has 1 aliphatic carbocycles. The summed E-state index contributed by atoms with van der Waals surface area (Å²) in [5.74, 6) is 0.865. The number of nitrogens with two attached hydrogens (primary N) is 1. The summed E-state index contributed by atoms with van der Waals surface area (Å²) in [5, 5.41) is 3.65. The summed E-state index contributed by atoms with van der Waals surface area (Å²) in [6.07, 6.45) is 7.45. The molecule has 1 aromatic carbocycles. The van der Waals surface area contributed by atoms with Crippen LogP contribution in [0.25, 0.3) is 0 Å². The Balaban J connectivity index is 2.08. The van der Waals surface area contributed by atoms with Gasteiger partial charge >= 0.3 is 0 Å². The van der Waals surface area contributed by atoms with Crippen LogP contribution in [0, 0.1) is 0 Å². The van der Waals surface area contributed by atoms with Gasteiger partial charge in [0.05, 0.1) is 6.61 Å². The van der Waals surface area contributed by atoms with Crippen molar-refractivity contribution in [3.63, 3.8) is 0 Å². The summed E-state index contributed by atoms with van der Waals surface area (Å²) < 4.78 is 5.68. The summed E-state index contributed by atoms with van der Waals surface area (Å²) in [6.45, 7) is 5.15. The third-order valence-corrected chi connectivity index (χ3v) is 3.80. The fourth-order valence-electron chi connectivity index (χ4n) is 2.80. The van der Waals surface area contributed by atoms with Crippen LogP contribution in [0.1, 0.15) is 52.4 Å². The Hall–Kier alpha value is -1.38. The van der Waals surface area contributed by atoms with E-state index in [0.717, 1.165) is 30.2 Å². The summed E-state index contributed by atoms with van der Waals surface area (Å²) >= 11 is 0. The minimum Gasteiger partial charge on any atom is -0.493 e. The van der Waals surface area contributed by atoms with Crippen molar-refractivity contribution in [3.05, 3.63) is 18.2 Å². The highest BCUT2D eigenvalue weighted by Gasteiger charge is 2.26. The van der Waals surface area contributed by atoms with Gasteiger partial charge < -0.3 is 15.8 Å². The SMILES string of the molecule is CCCOc1cc(N)cc(NC2(C)CCCCC2)c1. The van der Waals surface area contributed by atoms with Crippen LogP contribution >= 0.6 is 0 Å². The minimum absolute atomic E-state index is 0.202. The van der Waals surface area contributed by atoms with Crippen LogP contribution in [0.2, 0.25) is 0 Å². The Kier molecular flexibility index (Phi) is 4.56. The Morgan fingerprint density at radius 3 is 2.63 bits per heavy atom. The van der Waals surface area contributed by atoms with Crippen molar-refractivity contribution in [2.45, 2.75) is 57.9 Å². The number of rotatable bonds is 5. The molecule has 19 heavy (non-hydrogen) atoms. The van der Waals surface area contributed by atoms with E-state index in [1.54, 1.807) is 0 Å². The predicted octanol–water partition coefficient (Wildman–Crippen LogP) is 4.19. The molecule has 0 bridgehead atoms. The summed E-state index contributed by atoms with van der Waals surface area (Å²) in [5.41, 5.74) is 8.00. The Morgan fingerprint density at radius 2 is 1.95 bits per heavy atom. The molecule has 0 spiro atoms. The first-order chi connectivity index (χ1) is 9.11. The van der Waals surface area contributed by atoms with E-state index in [1.807, 2.05) is 12.1 Å². The zero-order valence-corrected chi connectivity index (χ0v) is 12.2. The van der Waals surface area contributed by atoms with Gasteiger partial charge in [-0.1, -0.05) is 26.2 Å². The lowest BCUT2D eigenvalue weighted by atomic mass is 9.83. The molecule has 0 radical (unpaired) electrons. The first-order valence-corrected chi connectivity index (χ1v) is 7.43. The second-order valence-corrected chi connectivity index (χ2v) is 5.89. The van der Waals surface area contributed by atoms with Crippen molar-refractivity contribution >= 4 is 11.4 Å². The molecular formula is C16H26N2O. The maximum absolute atomic E-state index is 5.96. The lowest BCUT2D eigenvalue weighted by Crippen LogP contribution is -2.36. The molecule has 1 fully saturated rings. The summed E-state index contributed by atoms with van der Waals surface area (Å²) in [6, 6.07) is 5.95. The van der Waals surface area contributed by atoms with Gasteiger partial charge in [0.2, 0.25) is 0 Å². The molecule has 1 saturated carbocycles. The van der Waals surface area contributed by atoms with Gasteiger partial charge in [-0.3, -0.25) is 0 Å².